The van der Waals surface area contributed by atoms with Crippen molar-refractivity contribution in [1.29, 1.82) is 0 Å². The number of hydrogen-bond donors (Lipinski definition) is 1. The van der Waals surface area contributed by atoms with Gasteiger partial charge in [0.25, 0.3) is 5.92 Å². The number of nitrogens with one attached hydrogen (secondary N) is 1. The molecule has 0 aliphatic carbocycles. The molecule has 2 aliphatic heterocycles. The van der Waals surface area contributed by atoms with Crippen LogP contribution in [0.3, 0.4) is 0 Å². The molecule has 3 heterocycles. The molecule has 2 aromatic rings. The van der Waals surface area contributed by atoms with E-state index in [0.29, 0.717) is 17.9 Å². The standard InChI is InChI=1S/C21H21F5N2O2/c1-13-6-15-8-17(2-3-18(15)30-13)29-11-14-7-16(21(24,25)26)10-28(9-14)19-4-5-27-12-20(19,22)23/h2-3,6-8,10,19,27H,4-5,9,11-12H2,1H3. The minimum atomic E-state index is -4.64. The molecule has 4 nitrogen and oxygen atoms in total. The fourth-order valence-corrected chi connectivity index (χ4v) is 3.86. The van der Waals surface area contributed by atoms with Gasteiger partial charge in [-0.25, -0.2) is 8.78 Å². The molecule has 0 bridgehead atoms. The SMILES string of the molecule is Cc1cc2cc(OCC3=CC(C(F)(F)F)=CN(C4CCNCC4(F)F)C3)ccc2o1. The zero-order valence-electron chi connectivity index (χ0n) is 16.2. The van der Waals surface area contributed by atoms with Crippen LogP contribution in [-0.2, 0) is 0 Å². The first-order valence-corrected chi connectivity index (χ1v) is 9.57. The number of halogens is 5. The summed E-state index contributed by atoms with van der Waals surface area (Å²) in [6, 6.07) is 5.64. The van der Waals surface area contributed by atoms with E-state index in [4.69, 9.17) is 9.15 Å². The maximum absolute atomic E-state index is 14.3. The average Bonchev–Trinajstić information content (AvgIpc) is 3.04. The average molecular weight is 428 g/mol. The van der Waals surface area contributed by atoms with E-state index in [0.717, 1.165) is 28.3 Å². The summed E-state index contributed by atoms with van der Waals surface area (Å²) >= 11 is 0. The van der Waals surface area contributed by atoms with Gasteiger partial charge in [0.1, 0.15) is 23.7 Å². The number of alkyl halides is 5. The lowest BCUT2D eigenvalue weighted by atomic mass is 9.97. The Labute approximate surface area is 170 Å². The Bertz CT molecular complexity index is 993. The predicted octanol–water partition coefficient (Wildman–Crippen LogP) is 4.81. The molecule has 0 radical (unpaired) electrons. The van der Waals surface area contributed by atoms with Crippen LogP contribution < -0.4 is 10.1 Å². The third-order valence-corrected chi connectivity index (χ3v) is 5.26. The normalized spacial score (nSPS) is 22.1. The number of nitrogens with zero attached hydrogens (tertiary/aromatic N) is 1. The van der Waals surface area contributed by atoms with Crippen LogP contribution >= 0.6 is 0 Å². The van der Waals surface area contributed by atoms with Gasteiger partial charge in [0, 0.05) is 18.1 Å². The van der Waals surface area contributed by atoms with Gasteiger partial charge in [-0.15, -0.1) is 0 Å². The summed E-state index contributed by atoms with van der Waals surface area (Å²) < 4.78 is 80.0. The predicted molar refractivity (Wildman–Crippen MR) is 102 cm³/mol. The zero-order chi connectivity index (χ0) is 21.5. The summed E-state index contributed by atoms with van der Waals surface area (Å²) in [7, 11) is 0. The molecule has 162 valence electrons. The third-order valence-electron chi connectivity index (χ3n) is 5.26. The topological polar surface area (TPSA) is 37.6 Å². The number of benzene rings is 1. The molecule has 1 atom stereocenters. The Hall–Kier alpha value is -2.55. The fraction of sp³-hybridized carbons (Fsp3) is 0.429. The lowest BCUT2D eigenvalue weighted by Crippen LogP contribution is -2.56. The molecule has 1 fully saturated rings. The lowest BCUT2D eigenvalue weighted by Gasteiger charge is -2.41. The van der Waals surface area contributed by atoms with E-state index < -0.39 is 30.3 Å². The lowest BCUT2D eigenvalue weighted by molar-refractivity contribution is -0.0978. The number of hydrogen-bond acceptors (Lipinski definition) is 4. The number of allylic oxidation sites excluding steroid dienone is 2. The molecule has 30 heavy (non-hydrogen) atoms. The van der Waals surface area contributed by atoms with Crippen LogP contribution in [0.15, 0.2) is 52.1 Å². The van der Waals surface area contributed by atoms with Crippen LogP contribution in [0.25, 0.3) is 11.0 Å². The molecule has 1 aromatic carbocycles. The van der Waals surface area contributed by atoms with E-state index in [1.807, 2.05) is 13.0 Å². The van der Waals surface area contributed by atoms with Crippen molar-refractivity contribution in [3.8, 4) is 5.75 Å². The number of piperidine rings is 1. The molecule has 9 heteroatoms. The fourth-order valence-electron chi connectivity index (χ4n) is 3.86. The second-order valence-corrected chi connectivity index (χ2v) is 7.64. The molecule has 2 aliphatic rings. The molecule has 1 N–H and O–H groups in total. The highest BCUT2D eigenvalue weighted by Gasteiger charge is 2.46. The van der Waals surface area contributed by atoms with Gasteiger partial charge in [0.2, 0.25) is 0 Å². The molecule has 1 unspecified atom stereocenters. The van der Waals surface area contributed by atoms with Crippen molar-refractivity contribution in [1.82, 2.24) is 10.2 Å². The van der Waals surface area contributed by atoms with Crippen molar-refractivity contribution in [3.05, 3.63) is 53.4 Å². The van der Waals surface area contributed by atoms with Crippen molar-refractivity contribution < 1.29 is 31.1 Å². The number of furan rings is 1. The Balaban J connectivity index is 1.53. The van der Waals surface area contributed by atoms with Crippen molar-refractivity contribution >= 4 is 11.0 Å². The molecule has 0 saturated carbocycles. The molecule has 1 aromatic heterocycles. The third kappa shape index (κ3) is 4.30. The Morgan fingerprint density at radius 1 is 1.27 bits per heavy atom. The Morgan fingerprint density at radius 3 is 2.80 bits per heavy atom. The number of fused-ring (bicyclic) bond motifs is 1. The van der Waals surface area contributed by atoms with Crippen LogP contribution in [0, 0.1) is 6.92 Å². The molecule has 4 rings (SSSR count). The molecule has 0 amide bonds. The van der Waals surface area contributed by atoms with E-state index in [2.05, 4.69) is 5.32 Å². The molecular formula is C21H21F5N2O2. The van der Waals surface area contributed by atoms with Gasteiger partial charge >= 0.3 is 6.18 Å². The van der Waals surface area contributed by atoms with Gasteiger partial charge in [-0.3, -0.25) is 0 Å². The van der Waals surface area contributed by atoms with Crippen LogP contribution in [0.2, 0.25) is 0 Å². The number of ether oxygens (including phenoxy) is 1. The quantitative estimate of drug-likeness (QED) is 0.710. The maximum Gasteiger partial charge on any atom is 0.417 e. The first-order chi connectivity index (χ1) is 14.1. The first kappa shape index (κ1) is 20.7. The highest BCUT2D eigenvalue weighted by Crippen LogP contribution is 2.35. The Kier molecular flexibility index (Phi) is 5.25. The van der Waals surface area contributed by atoms with Gasteiger partial charge in [0.15, 0.2) is 0 Å². The van der Waals surface area contributed by atoms with Gasteiger partial charge < -0.3 is 19.4 Å². The summed E-state index contributed by atoms with van der Waals surface area (Å²) in [4.78, 5) is 1.10. The van der Waals surface area contributed by atoms with Crippen LogP contribution in [0.1, 0.15) is 12.2 Å². The monoisotopic (exact) mass is 428 g/mol. The second-order valence-electron chi connectivity index (χ2n) is 7.64. The van der Waals surface area contributed by atoms with Crippen molar-refractivity contribution in [2.45, 2.75) is 31.5 Å². The van der Waals surface area contributed by atoms with Crippen LogP contribution in [-0.4, -0.2) is 49.3 Å². The zero-order valence-corrected chi connectivity index (χ0v) is 16.2. The highest BCUT2D eigenvalue weighted by molar-refractivity contribution is 5.79. The maximum atomic E-state index is 14.3. The summed E-state index contributed by atoms with van der Waals surface area (Å²) in [6.07, 6.45) is -2.80. The smallest absolute Gasteiger partial charge is 0.417 e. The molecule has 1 saturated heterocycles. The van der Waals surface area contributed by atoms with Gasteiger partial charge in [0.05, 0.1) is 18.2 Å². The van der Waals surface area contributed by atoms with Crippen molar-refractivity contribution in [3.63, 3.8) is 0 Å². The van der Waals surface area contributed by atoms with E-state index in [-0.39, 0.29) is 25.1 Å². The summed E-state index contributed by atoms with van der Waals surface area (Å²) in [6.45, 7) is 1.40. The minimum absolute atomic E-state index is 0.0487. The first-order valence-electron chi connectivity index (χ1n) is 9.57. The van der Waals surface area contributed by atoms with E-state index in [1.54, 1.807) is 18.2 Å². The Morgan fingerprint density at radius 2 is 2.07 bits per heavy atom. The van der Waals surface area contributed by atoms with Crippen LogP contribution in [0.5, 0.6) is 5.75 Å². The van der Waals surface area contributed by atoms with Crippen LogP contribution in [0.4, 0.5) is 22.0 Å². The molecular weight excluding hydrogens is 407 g/mol. The van der Waals surface area contributed by atoms with Crippen molar-refractivity contribution in [2.75, 3.05) is 26.2 Å². The summed E-state index contributed by atoms with van der Waals surface area (Å²) in [5.74, 6) is -1.93. The minimum Gasteiger partial charge on any atom is -0.489 e. The van der Waals surface area contributed by atoms with E-state index in [1.165, 1.54) is 0 Å². The van der Waals surface area contributed by atoms with Gasteiger partial charge in [-0.1, -0.05) is 0 Å². The number of aryl methyl sites for hydroxylation is 1. The second kappa shape index (κ2) is 7.61. The highest BCUT2D eigenvalue weighted by atomic mass is 19.4. The number of rotatable bonds is 4. The largest absolute Gasteiger partial charge is 0.489 e. The van der Waals surface area contributed by atoms with Gasteiger partial charge in [-0.05, 0) is 55.8 Å². The van der Waals surface area contributed by atoms with Crippen molar-refractivity contribution in [2.24, 2.45) is 0 Å². The summed E-state index contributed by atoms with van der Waals surface area (Å²) in [5, 5.41) is 3.41. The van der Waals surface area contributed by atoms with Gasteiger partial charge in [-0.2, -0.15) is 13.2 Å². The molecule has 0 spiro atoms. The van der Waals surface area contributed by atoms with E-state index >= 15 is 0 Å². The summed E-state index contributed by atoms with van der Waals surface area (Å²) in [5.41, 5.74) is 0.00330. The van der Waals surface area contributed by atoms with E-state index in [9.17, 15) is 22.0 Å².